The van der Waals surface area contributed by atoms with Gasteiger partial charge in [0.05, 0.1) is 17.1 Å². The van der Waals surface area contributed by atoms with E-state index in [1.54, 1.807) is 4.90 Å². The lowest BCUT2D eigenvalue weighted by Crippen LogP contribution is -2.28. The van der Waals surface area contributed by atoms with Crippen molar-refractivity contribution in [3.63, 3.8) is 0 Å². The molecule has 1 fully saturated rings. The van der Waals surface area contributed by atoms with Crippen LogP contribution in [0.1, 0.15) is 0 Å². The lowest BCUT2D eigenvalue weighted by Gasteiger charge is -2.15. The highest BCUT2D eigenvalue weighted by atomic mass is 32.2. The summed E-state index contributed by atoms with van der Waals surface area (Å²) in [7, 11) is 0. The zero-order valence-electron chi connectivity index (χ0n) is 10.2. The van der Waals surface area contributed by atoms with Gasteiger partial charge < -0.3 is 0 Å². The van der Waals surface area contributed by atoms with Crippen LogP contribution in [-0.2, 0) is 4.79 Å². The molecule has 2 aromatic rings. The van der Waals surface area contributed by atoms with E-state index in [2.05, 4.69) is 4.99 Å². The van der Waals surface area contributed by atoms with Crippen molar-refractivity contribution in [3.8, 4) is 0 Å². The number of hydrogen-bond donors (Lipinski definition) is 0. The number of carbonyl (C=O) groups excluding carboxylic acids is 1. The minimum atomic E-state index is 0.0749. The predicted molar refractivity (Wildman–Crippen MR) is 79.9 cm³/mol. The zero-order valence-corrected chi connectivity index (χ0v) is 11.0. The maximum absolute atomic E-state index is 12.0. The van der Waals surface area contributed by atoms with Crippen molar-refractivity contribution in [1.82, 2.24) is 0 Å². The van der Waals surface area contributed by atoms with Crippen molar-refractivity contribution in [1.29, 1.82) is 0 Å². The van der Waals surface area contributed by atoms with Gasteiger partial charge in [-0.3, -0.25) is 9.69 Å². The fourth-order valence-corrected chi connectivity index (χ4v) is 2.78. The van der Waals surface area contributed by atoms with Gasteiger partial charge in [0, 0.05) is 0 Å². The lowest BCUT2D eigenvalue weighted by molar-refractivity contribution is -0.115. The molecule has 3 rings (SSSR count). The standard InChI is InChI=1S/C15H12N2OS/c18-14-11-19-15(16-12-7-3-1-4-8-12)17(14)13-9-5-2-6-10-13/h1-10H,11H2. The third-order valence-electron chi connectivity index (χ3n) is 2.76. The van der Waals surface area contributed by atoms with Gasteiger partial charge in [0.15, 0.2) is 5.17 Å². The van der Waals surface area contributed by atoms with Crippen molar-refractivity contribution >= 4 is 34.2 Å². The summed E-state index contributed by atoms with van der Waals surface area (Å²) in [6.07, 6.45) is 0. The van der Waals surface area contributed by atoms with E-state index < -0.39 is 0 Å². The topological polar surface area (TPSA) is 32.7 Å². The highest BCUT2D eigenvalue weighted by molar-refractivity contribution is 8.15. The average Bonchev–Trinajstić information content (AvgIpc) is 2.82. The van der Waals surface area contributed by atoms with Gasteiger partial charge in [-0.2, -0.15) is 0 Å². The molecule has 94 valence electrons. The van der Waals surface area contributed by atoms with Gasteiger partial charge in [0.25, 0.3) is 0 Å². The van der Waals surface area contributed by atoms with Crippen LogP contribution in [0.2, 0.25) is 0 Å². The van der Waals surface area contributed by atoms with E-state index in [1.807, 2.05) is 60.7 Å². The molecule has 1 heterocycles. The van der Waals surface area contributed by atoms with Crippen LogP contribution in [0.15, 0.2) is 65.7 Å². The third-order valence-corrected chi connectivity index (χ3v) is 3.68. The molecule has 1 amide bonds. The maximum Gasteiger partial charge on any atom is 0.243 e. The van der Waals surface area contributed by atoms with Gasteiger partial charge in [-0.1, -0.05) is 48.2 Å². The Kier molecular flexibility index (Phi) is 3.33. The Morgan fingerprint density at radius 1 is 0.947 bits per heavy atom. The molecule has 0 N–H and O–H groups in total. The Balaban J connectivity index is 1.98. The molecule has 0 aromatic heterocycles. The maximum atomic E-state index is 12.0. The third kappa shape index (κ3) is 2.53. The van der Waals surface area contributed by atoms with Crippen molar-refractivity contribution in [3.05, 3.63) is 60.7 Å². The number of aliphatic imine (C=N–C) groups is 1. The number of hydrogen-bond acceptors (Lipinski definition) is 3. The summed E-state index contributed by atoms with van der Waals surface area (Å²) in [6.45, 7) is 0. The molecule has 0 bridgehead atoms. The molecule has 1 aliphatic heterocycles. The van der Waals surface area contributed by atoms with Gasteiger partial charge in [0.1, 0.15) is 0 Å². The Hall–Kier alpha value is -2.07. The van der Waals surface area contributed by atoms with E-state index >= 15 is 0 Å². The minimum absolute atomic E-state index is 0.0749. The fraction of sp³-hybridized carbons (Fsp3) is 0.0667. The van der Waals surface area contributed by atoms with Gasteiger partial charge in [-0.05, 0) is 24.3 Å². The van der Waals surface area contributed by atoms with Crippen LogP contribution in [0.25, 0.3) is 0 Å². The number of para-hydroxylation sites is 2. The van der Waals surface area contributed by atoms with E-state index in [1.165, 1.54) is 11.8 Å². The molecule has 0 saturated carbocycles. The van der Waals surface area contributed by atoms with Gasteiger partial charge in [-0.25, -0.2) is 4.99 Å². The number of nitrogens with zero attached hydrogens (tertiary/aromatic N) is 2. The number of anilines is 1. The summed E-state index contributed by atoms with van der Waals surface area (Å²) in [5, 5.41) is 0.738. The molecule has 0 spiro atoms. The van der Waals surface area contributed by atoms with Crippen LogP contribution < -0.4 is 4.90 Å². The Labute approximate surface area is 116 Å². The lowest BCUT2D eigenvalue weighted by atomic mass is 10.3. The zero-order chi connectivity index (χ0) is 13.1. The molecule has 1 saturated heterocycles. The second-order valence-electron chi connectivity index (χ2n) is 4.08. The van der Waals surface area contributed by atoms with Crippen LogP contribution in [0, 0.1) is 0 Å². The summed E-state index contributed by atoms with van der Waals surface area (Å²) in [5.74, 6) is 0.520. The second-order valence-corrected chi connectivity index (χ2v) is 5.03. The highest BCUT2D eigenvalue weighted by Gasteiger charge is 2.29. The van der Waals surface area contributed by atoms with E-state index in [-0.39, 0.29) is 5.91 Å². The number of thioether (sulfide) groups is 1. The Morgan fingerprint density at radius 2 is 1.58 bits per heavy atom. The van der Waals surface area contributed by atoms with Crippen molar-refractivity contribution in [2.75, 3.05) is 10.7 Å². The van der Waals surface area contributed by atoms with Crippen molar-refractivity contribution in [2.24, 2.45) is 4.99 Å². The fourth-order valence-electron chi connectivity index (χ4n) is 1.89. The quantitative estimate of drug-likeness (QED) is 0.835. The molecule has 3 nitrogen and oxygen atoms in total. The molecule has 4 heteroatoms. The van der Waals surface area contributed by atoms with Crippen LogP contribution in [0.3, 0.4) is 0 Å². The average molecular weight is 268 g/mol. The summed E-state index contributed by atoms with van der Waals surface area (Å²) in [6, 6.07) is 19.3. The number of amidine groups is 1. The van der Waals surface area contributed by atoms with Crippen molar-refractivity contribution in [2.45, 2.75) is 0 Å². The summed E-state index contributed by atoms with van der Waals surface area (Å²) >= 11 is 1.47. The summed E-state index contributed by atoms with van der Waals surface area (Å²) in [5.41, 5.74) is 1.73. The monoisotopic (exact) mass is 268 g/mol. The van der Waals surface area contributed by atoms with E-state index in [0.717, 1.165) is 16.5 Å². The molecule has 2 aromatic carbocycles. The Bertz CT molecular complexity index is 611. The molecule has 0 atom stereocenters. The van der Waals surface area contributed by atoms with Gasteiger partial charge in [-0.15, -0.1) is 0 Å². The molecular weight excluding hydrogens is 256 g/mol. The highest BCUT2D eigenvalue weighted by Crippen LogP contribution is 2.28. The summed E-state index contributed by atoms with van der Waals surface area (Å²) < 4.78 is 0. The van der Waals surface area contributed by atoms with Crippen molar-refractivity contribution < 1.29 is 4.79 Å². The molecule has 19 heavy (non-hydrogen) atoms. The van der Waals surface area contributed by atoms with E-state index in [0.29, 0.717) is 5.75 Å². The second kappa shape index (κ2) is 5.28. The number of benzene rings is 2. The van der Waals surface area contributed by atoms with E-state index in [9.17, 15) is 4.79 Å². The molecular formula is C15H12N2OS. The molecule has 0 aliphatic carbocycles. The normalized spacial score (nSPS) is 17.2. The molecule has 0 unspecified atom stereocenters. The predicted octanol–water partition coefficient (Wildman–Crippen LogP) is 3.45. The largest absolute Gasteiger partial charge is 0.273 e. The van der Waals surface area contributed by atoms with Crippen LogP contribution in [-0.4, -0.2) is 16.8 Å². The first-order valence-corrected chi connectivity index (χ1v) is 6.98. The van der Waals surface area contributed by atoms with Gasteiger partial charge >= 0.3 is 0 Å². The van der Waals surface area contributed by atoms with Crippen LogP contribution in [0.5, 0.6) is 0 Å². The molecule has 1 aliphatic rings. The first kappa shape index (κ1) is 12.0. The smallest absolute Gasteiger partial charge is 0.243 e. The Morgan fingerprint density at radius 3 is 2.26 bits per heavy atom. The summed E-state index contributed by atoms with van der Waals surface area (Å²) in [4.78, 5) is 18.2. The number of carbonyl (C=O) groups is 1. The van der Waals surface area contributed by atoms with Crippen LogP contribution in [0.4, 0.5) is 11.4 Å². The first-order chi connectivity index (χ1) is 9.34. The molecule has 0 radical (unpaired) electrons. The first-order valence-electron chi connectivity index (χ1n) is 5.99. The van der Waals surface area contributed by atoms with Gasteiger partial charge in [0.2, 0.25) is 5.91 Å². The number of amides is 1. The minimum Gasteiger partial charge on any atom is -0.273 e. The van der Waals surface area contributed by atoms with E-state index in [4.69, 9.17) is 0 Å². The number of rotatable bonds is 2. The SMILES string of the molecule is O=C1CSC(=Nc2ccccc2)N1c1ccccc1. The van der Waals surface area contributed by atoms with Crippen LogP contribution >= 0.6 is 11.8 Å².